The first-order valence-electron chi connectivity index (χ1n) is 5.13. The molecule has 1 aromatic carbocycles. The average molecular weight is 264 g/mol. The highest BCUT2D eigenvalue weighted by Crippen LogP contribution is 2.14. The third-order valence-electron chi connectivity index (χ3n) is 2.18. The first kappa shape index (κ1) is 12.3. The van der Waals surface area contributed by atoms with Crippen molar-refractivity contribution in [3.05, 3.63) is 47.2 Å². The van der Waals surface area contributed by atoms with Gasteiger partial charge < -0.3 is 4.74 Å². The van der Waals surface area contributed by atoms with Crippen LogP contribution < -0.4 is 10.1 Å². The Labute approximate surface area is 109 Å². The Morgan fingerprint density at radius 3 is 2.94 bits per heavy atom. The van der Waals surface area contributed by atoms with E-state index in [0.717, 1.165) is 0 Å². The zero-order valence-electron chi connectivity index (χ0n) is 9.55. The molecule has 18 heavy (non-hydrogen) atoms. The van der Waals surface area contributed by atoms with E-state index in [2.05, 4.69) is 15.3 Å². The molecule has 0 aliphatic rings. The minimum Gasteiger partial charge on any atom is -0.497 e. The van der Waals surface area contributed by atoms with Crippen molar-refractivity contribution < 1.29 is 9.53 Å². The monoisotopic (exact) mass is 263 g/mol. The van der Waals surface area contributed by atoms with Gasteiger partial charge in [0, 0.05) is 11.8 Å². The third kappa shape index (κ3) is 2.95. The van der Waals surface area contributed by atoms with Crippen LogP contribution in [-0.4, -0.2) is 23.0 Å². The molecule has 0 aliphatic heterocycles. The van der Waals surface area contributed by atoms with Gasteiger partial charge >= 0.3 is 0 Å². The zero-order valence-corrected chi connectivity index (χ0v) is 10.3. The number of hydrogen-bond donors (Lipinski definition) is 1. The molecule has 1 N–H and O–H groups in total. The quantitative estimate of drug-likeness (QED) is 0.864. The molecule has 0 saturated heterocycles. The van der Waals surface area contributed by atoms with Crippen LogP contribution in [0.15, 0.2) is 36.5 Å². The fourth-order valence-corrected chi connectivity index (χ4v) is 1.47. The van der Waals surface area contributed by atoms with Crippen molar-refractivity contribution in [2.75, 3.05) is 12.4 Å². The zero-order chi connectivity index (χ0) is 13.0. The lowest BCUT2D eigenvalue weighted by Crippen LogP contribution is -2.14. The maximum Gasteiger partial charge on any atom is 0.258 e. The predicted octanol–water partition coefficient (Wildman–Crippen LogP) is 2.39. The maximum atomic E-state index is 11.9. The normalized spacial score (nSPS) is 9.89. The molecule has 1 amide bonds. The number of rotatable bonds is 3. The molecule has 5 nitrogen and oxygen atoms in total. The molecule has 2 rings (SSSR count). The second kappa shape index (κ2) is 5.46. The summed E-state index contributed by atoms with van der Waals surface area (Å²) < 4.78 is 5.04. The topological polar surface area (TPSA) is 64.1 Å². The van der Waals surface area contributed by atoms with E-state index >= 15 is 0 Å². The number of aromatic nitrogens is 2. The van der Waals surface area contributed by atoms with Crippen LogP contribution in [0.25, 0.3) is 0 Å². The van der Waals surface area contributed by atoms with Crippen LogP contribution in [0, 0.1) is 0 Å². The molecule has 1 heterocycles. The lowest BCUT2D eigenvalue weighted by Gasteiger charge is -2.05. The molecule has 0 fully saturated rings. The molecule has 0 unspecified atom stereocenters. The molecule has 92 valence electrons. The number of methoxy groups -OCH3 is 1. The molecule has 0 aliphatic carbocycles. The molecular formula is C12H10ClN3O2. The van der Waals surface area contributed by atoms with Crippen molar-refractivity contribution >= 4 is 23.5 Å². The number of carbonyl (C=O) groups is 1. The first-order chi connectivity index (χ1) is 8.69. The summed E-state index contributed by atoms with van der Waals surface area (Å²) in [4.78, 5) is 19.7. The lowest BCUT2D eigenvalue weighted by atomic mass is 10.2. The molecule has 0 bridgehead atoms. The number of benzene rings is 1. The Hall–Kier alpha value is -2.14. The number of hydrogen-bond acceptors (Lipinski definition) is 4. The van der Waals surface area contributed by atoms with E-state index in [1.807, 2.05) is 0 Å². The van der Waals surface area contributed by atoms with Gasteiger partial charge in [-0.1, -0.05) is 17.7 Å². The summed E-state index contributed by atoms with van der Waals surface area (Å²) in [6.07, 6.45) is 1.47. The highest BCUT2D eigenvalue weighted by molar-refractivity contribution is 6.29. The Balaban J connectivity index is 2.16. The second-order valence-corrected chi connectivity index (χ2v) is 3.78. The summed E-state index contributed by atoms with van der Waals surface area (Å²) in [7, 11) is 1.54. The van der Waals surface area contributed by atoms with Gasteiger partial charge in [-0.2, -0.15) is 0 Å². The van der Waals surface area contributed by atoms with Crippen LogP contribution in [0.3, 0.4) is 0 Å². The smallest absolute Gasteiger partial charge is 0.258 e. The summed E-state index contributed by atoms with van der Waals surface area (Å²) >= 11 is 5.70. The Morgan fingerprint density at radius 1 is 1.39 bits per heavy atom. The predicted molar refractivity (Wildman–Crippen MR) is 68.0 cm³/mol. The SMILES string of the molecule is COc1cccc(C(=O)Nc2nccc(Cl)n2)c1. The number of amides is 1. The molecule has 0 radical (unpaired) electrons. The van der Waals surface area contributed by atoms with E-state index in [0.29, 0.717) is 11.3 Å². The summed E-state index contributed by atoms with van der Waals surface area (Å²) in [6, 6.07) is 8.31. The van der Waals surface area contributed by atoms with Crippen LogP contribution >= 0.6 is 11.6 Å². The van der Waals surface area contributed by atoms with Crippen LogP contribution in [-0.2, 0) is 0 Å². The van der Waals surface area contributed by atoms with Crippen molar-refractivity contribution in [1.29, 1.82) is 0 Å². The Bertz CT molecular complexity index is 575. The van der Waals surface area contributed by atoms with Crippen molar-refractivity contribution in [3.8, 4) is 5.75 Å². The van der Waals surface area contributed by atoms with E-state index in [9.17, 15) is 4.79 Å². The summed E-state index contributed by atoms with van der Waals surface area (Å²) in [5.74, 6) is 0.446. The van der Waals surface area contributed by atoms with Gasteiger partial charge in [0.1, 0.15) is 10.9 Å². The number of anilines is 1. The molecular weight excluding hydrogens is 254 g/mol. The van der Waals surface area contributed by atoms with Crippen molar-refractivity contribution in [2.45, 2.75) is 0 Å². The van der Waals surface area contributed by atoms with Crippen molar-refractivity contribution in [2.24, 2.45) is 0 Å². The Kier molecular flexibility index (Phi) is 3.74. The van der Waals surface area contributed by atoms with Crippen LogP contribution in [0.1, 0.15) is 10.4 Å². The molecule has 0 atom stereocenters. The number of ether oxygens (including phenoxy) is 1. The first-order valence-corrected chi connectivity index (χ1v) is 5.51. The van der Waals surface area contributed by atoms with Gasteiger partial charge in [-0.15, -0.1) is 0 Å². The molecule has 1 aromatic heterocycles. The van der Waals surface area contributed by atoms with Gasteiger partial charge in [-0.25, -0.2) is 9.97 Å². The number of nitrogens with zero attached hydrogens (tertiary/aromatic N) is 2. The maximum absolute atomic E-state index is 11.9. The minimum atomic E-state index is -0.323. The lowest BCUT2D eigenvalue weighted by molar-refractivity contribution is 0.102. The second-order valence-electron chi connectivity index (χ2n) is 3.39. The van der Waals surface area contributed by atoms with Gasteiger partial charge in [-0.05, 0) is 24.3 Å². The summed E-state index contributed by atoms with van der Waals surface area (Å²) in [5, 5.41) is 2.82. The van der Waals surface area contributed by atoms with Crippen LogP contribution in [0.2, 0.25) is 5.15 Å². The van der Waals surface area contributed by atoms with Gasteiger partial charge in [0.25, 0.3) is 5.91 Å². The highest BCUT2D eigenvalue weighted by atomic mass is 35.5. The molecule has 0 saturated carbocycles. The van der Waals surface area contributed by atoms with E-state index in [4.69, 9.17) is 16.3 Å². The Morgan fingerprint density at radius 2 is 2.22 bits per heavy atom. The van der Waals surface area contributed by atoms with Crippen molar-refractivity contribution in [3.63, 3.8) is 0 Å². The summed E-state index contributed by atoms with van der Waals surface area (Å²) in [5.41, 5.74) is 0.456. The third-order valence-corrected chi connectivity index (χ3v) is 2.39. The standard InChI is InChI=1S/C12H10ClN3O2/c1-18-9-4-2-3-8(7-9)11(17)16-12-14-6-5-10(13)15-12/h2-7H,1H3,(H,14,15,16,17). The molecule has 0 spiro atoms. The van der Waals surface area contributed by atoms with Gasteiger partial charge in [0.2, 0.25) is 5.95 Å². The van der Waals surface area contributed by atoms with Crippen LogP contribution in [0.5, 0.6) is 5.75 Å². The molecule has 2 aromatic rings. The van der Waals surface area contributed by atoms with E-state index in [-0.39, 0.29) is 17.0 Å². The summed E-state index contributed by atoms with van der Waals surface area (Å²) in [6.45, 7) is 0. The average Bonchev–Trinajstić information content (AvgIpc) is 2.39. The van der Waals surface area contributed by atoms with Gasteiger partial charge in [0.05, 0.1) is 7.11 Å². The minimum absolute atomic E-state index is 0.162. The van der Waals surface area contributed by atoms with Crippen LogP contribution in [0.4, 0.5) is 5.95 Å². The fraction of sp³-hybridized carbons (Fsp3) is 0.0833. The highest BCUT2D eigenvalue weighted by Gasteiger charge is 2.08. The van der Waals surface area contributed by atoms with Gasteiger partial charge in [-0.3, -0.25) is 10.1 Å². The largest absolute Gasteiger partial charge is 0.497 e. The van der Waals surface area contributed by atoms with E-state index in [1.165, 1.54) is 19.4 Å². The van der Waals surface area contributed by atoms with Gasteiger partial charge in [0.15, 0.2) is 0 Å². The number of halogens is 1. The molecule has 6 heteroatoms. The fourth-order valence-electron chi connectivity index (χ4n) is 1.33. The number of carbonyl (C=O) groups excluding carboxylic acids is 1. The van der Waals surface area contributed by atoms with Crippen molar-refractivity contribution in [1.82, 2.24) is 9.97 Å². The number of nitrogens with one attached hydrogen (secondary N) is 1. The van der Waals surface area contributed by atoms with E-state index < -0.39 is 0 Å². The van der Waals surface area contributed by atoms with E-state index in [1.54, 1.807) is 24.3 Å².